The number of carbonyl (C=O) groups excluding carboxylic acids is 1. The summed E-state index contributed by atoms with van der Waals surface area (Å²) in [5.74, 6) is 0.112. The summed E-state index contributed by atoms with van der Waals surface area (Å²) in [5, 5.41) is 0. The molecule has 29 heavy (non-hydrogen) atoms. The standard InChI is InChI=1S/C22H19N5O2/c23-22(28)21-17-12-19(17)29-20-13-18(27-20)16-8-4-3-7-15(16)6-2-1-5-9-24-14-25-10-11-26-21/h1-11,14,20H,12-13H2,(H2,23,28). The summed E-state index contributed by atoms with van der Waals surface area (Å²) in [4.78, 5) is 28.4. The molecule has 0 spiro atoms. The molecule has 1 unspecified atom stereocenters. The van der Waals surface area contributed by atoms with E-state index in [9.17, 15) is 4.79 Å². The summed E-state index contributed by atoms with van der Waals surface area (Å²) in [6, 6.07) is 8.09. The Bertz CT molecular complexity index is 1070. The van der Waals surface area contributed by atoms with E-state index >= 15 is 0 Å². The maximum Gasteiger partial charge on any atom is 0.267 e. The minimum absolute atomic E-state index is 0.186. The predicted molar refractivity (Wildman–Crippen MR) is 115 cm³/mol. The smallest absolute Gasteiger partial charge is 0.267 e. The van der Waals surface area contributed by atoms with Gasteiger partial charge in [-0.2, -0.15) is 0 Å². The van der Waals surface area contributed by atoms with Crippen molar-refractivity contribution in [3.05, 3.63) is 77.4 Å². The van der Waals surface area contributed by atoms with Crippen molar-refractivity contribution < 1.29 is 9.53 Å². The molecule has 4 aliphatic rings. The second-order valence-electron chi connectivity index (χ2n) is 6.46. The maximum absolute atomic E-state index is 11.7. The molecule has 0 saturated heterocycles. The molecule has 1 aromatic rings. The number of nitrogens with zero attached hydrogens (tertiary/aromatic N) is 4. The minimum Gasteiger partial charge on any atom is -0.472 e. The average molecular weight is 385 g/mol. The lowest BCUT2D eigenvalue weighted by Crippen LogP contribution is -2.27. The molecule has 7 heteroatoms. The van der Waals surface area contributed by atoms with Crippen molar-refractivity contribution in [1.82, 2.24) is 0 Å². The van der Waals surface area contributed by atoms with Gasteiger partial charge in [0.05, 0.1) is 5.71 Å². The van der Waals surface area contributed by atoms with Crippen molar-refractivity contribution in [2.45, 2.75) is 19.1 Å². The lowest BCUT2D eigenvalue weighted by Gasteiger charge is -2.25. The van der Waals surface area contributed by atoms with Crippen LogP contribution >= 0.6 is 0 Å². The molecule has 5 rings (SSSR count). The molecule has 2 N–H and O–H groups in total. The normalized spacial score (nSPS) is 20.6. The van der Waals surface area contributed by atoms with Crippen LogP contribution in [0.25, 0.3) is 6.08 Å². The van der Waals surface area contributed by atoms with E-state index < -0.39 is 5.91 Å². The second kappa shape index (κ2) is 8.43. The number of aliphatic imine (C=N–C) groups is 4. The number of carbonyl (C=O) groups is 1. The highest BCUT2D eigenvalue weighted by atomic mass is 16.5. The SMILES string of the molecule is NC(=O)C1=NC=CN=CN=CC=CC=Cc2ccccc2C2=NC(C2)OC2=C1C2. The fourth-order valence-electron chi connectivity index (χ4n) is 2.96. The number of benzene rings is 1. The Morgan fingerprint density at radius 1 is 1.10 bits per heavy atom. The van der Waals surface area contributed by atoms with Crippen LogP contribution in [-0.2, 0) is 9.53 Å². The van der Waals surface area contributed by atoms with Crippen LogP contribution < -0.4 is 5.73 Å². The number of rotatable bonds is 1. The van der Waals surface area contributed by atoms with Crippen molar-refractivity contribution in [1.29, 1.82) is 0 Å². The molecule has 2 bridgehead atoms. The van der Waals surface area contributed by atoms with Crippen LogP contribution in [0.4, 0.5) is 0 Å². The van der Waals surface area contributed by atoms with Crippen molar-refractivity contribution in [3.8, 4) is 0 Å². The van der Waals surface area contributed by atoms with Crippen molar-refractivity contribution in [2.75, 3.05) is 0 Å². The summed E-state index contributed by atoms with van der Waals surface area (Å²) in [7, 11) is 0. The van der Waals surface area contributed by atoms with Crippen molar-refractivity contribution in [3.63, 3.8) is 0 Å². The van der Waals surface area contributed by atoms with E-state index in [4.69, 9.17) is 10.5 Å². The van der Waals surface area contributed by atoms with Crippen LogP contribution in [-0.4, -0.2) is 36.1 Å². The van der Waals surface area contributed by atoms with Crippen LogP contribution in [0.1, 0.15) is 24.0 Å². The molecule has 1 atom stereocenters. The molecule has 1 aromatic carbocycles. The first-order valence-electron chi connectivity index (χ1n) is 9.18. The molecular formula is C22H19N5O2. The molecule has 0 aromatic heterocycles. The van der Waals surface area contributed by atoms with Gasteiger partial charge in [-0.15, -0.1) is 0 Å². The highest BCUT2D eigenvalue weighted by molar-refractivity contribution is 6.46. The van der Waals surface area contributed by atoms with Crippen LogP contribution in [0.5, 0.6) is 0 Å². The van der Waals surface area contributed by atoms with E-state index in [1.165, 1.54) is 18.7 Å². The number of amides is 1. The van der Waals surface area contributed by atoms with Gasteiger partial charge < -0.3 is 10.5 Å². The average Bonchev–Trinajstić information content (AvgIpc) is 3.43. The first-order chi connectivity index (χ1) is 14.2. The van der Waals surface area contributed by atoms with Gasteiger partial charge in [0.25, 0.3) is 5.91 Å². The van der Waals surface area contributed by atoms with E-state index in [1.807, 2.05) is 48.6 Å². The molecule has 0 fully saturated rings. The first-order valence-corrected chi connectivity index (χ1v) is 9.18. The Balaban J connectivity index is 1.62. The van der Waals surface area contributed by atoms with Gasteiger partial charge in [-0.05, 0) is 11.6 Å². The highest BCUT2D eigenvalue weighted by Crippen LogP contribution is 2.37. The zero-order valence-corrected chi connectivity index (χ0v) is 15.6. The van der Waals surface area contributed by atoms with Gasteiger partial charge in [0.2, 0.25) is 0 Å². The Hall–Kier alpha value is -3.87. The topological polar surface area (TPSA) is 102 Å². The predicted octanol–water partition coefficient (Wildman–Crippen LogP) is 2.96. The number of hydrogen-bond acceptors (Lipinski definition) is 6. The summed E-state index contributed by atoms with van der Waals surface area (Å²) in [6.45, 7) is 0. The number of ether oxygens (including phenoxy) is 1. The lowest BCUT2D eigenvalue weighted by molar-refractivity contribution is -0.111. The third kappa shape index (κ3) is 4.52. The monoisotopic (exact) mass is 385 g/mol. The van der Waals surface area contributed by atoms with Gasteiger partial charge >= 0.3 is 0 Å². The molecule has 7 nitrogen and oxygen atoms in total. The van der Waals surface area contributed by atoms with Gasteiger partial charge in [-0.3, -0.25) is 4.79 Å². The molecule has 0 saturated carbocycles. The molecule has 0 radical (unpaired) electrons. The summed E-state index contributed by atoms with van der Waals surface area (Å²) in [6.07, 6.45) is 14.6. The third-order valence-corrected chi connectivity index (χ3v) is 4.45. The molecular weight excluding hydrogens is 366 g/mol. The number of fused-ring (bicyclic) bond motifs is 5. The van der Waals surface area contributed by atoms with Crippen LogP contribution in [0.2, 0.25) is 0 Å². The number of allylic oxidation sites excluding steroid dienone is 4. The Morgan fingerprint density at radius 3 is 2.83 bits per heavy atom. The van der Waals surface area contributed by atoms with E-state index in [0.717, 1.165) is 22.4 Å². The maximum atomic E-state index is 11.7. The van der Waals surface area contributed by atoms with Crippen molar-refractivity contribution >= 4 is 36.0 Å². The van der Waals surface area contributed by atoms with Crippen LogP contribution in [0, 0.1) is 0 Å². The van der Waals surface area contributed by atoms with Gasteiger partial charge in [0, 0.05) is 42.6 Å². The lowest BCUT2D eigenvalue weighted by atomic mass is 9.96. The fraction of sp³-hybridized carbons (Fsp3) is 0.136. The van der Waals surface area contributed by atoms with Gasteiger partial charge in [-0.25, -0.2) is 20.0 Å². The molecule has 144 valence electrons. The van der Waals surface area contributed by atoms with Crippen LogP contribution in [0.3, 0.4) is 0 Å². The van der Waals surface area contributed by atoms with Crippen LogP contribution in [0.15, 0.2) is 86.2 Å². The molecule has 3 aliphatic heterocycles. The quantitative estimate of drug-likeness (QED) is 0.803. The first kappa shape index (κ1) is 18.5. The number of hydrogen-bond donors (Lipinski definition) is 1. The zero-order chi connectivity index (χ0) is 20.1. The highest BCUT2D eigenvalue weighted by Gasteiger charge is 2.35. The van der Waals surface area contributed by atoms with Gasteiger partial charge in [0.1, 0.15) is 17.8 Å². The number of primary amides is 1. The molecule has 1 amide bonds. The van der Waals surface area contributed by atoms with Crippen molar-refractivity contribution in [2.24, 2.45) is 25.7 Å². The van der Waals surface area contributed by atoms with Gasteiger partial charge in [0.15, 0.2) is 6.23 Å². The zero-order valence-electron chi connectivity index (χ0n) is 15.6. The molecule has 1 aliphatic carbocycles. The van der Waals surface area contributed by atoms with Gasteiger partial charge in [-0.1, -0.05) is 42.5 Å². The largest absolute Gasteiger partial charge is 0.472 e. The summed E-state index contributed by atoms with van der Waals surface area (Å²) in [5.41, 5.74) is 9.51. The Kier molecular flexibility index (Phi) is 5.38. The number of nitrogens with two attached hydrogens (primary N) is 1. The summed E-state index contributed by atoms with van der Waals surface area (Å²) < 4.78 is 5.87. The Morgan fingerprint density at radius 2 is 1.97 bits per heavy atom. The second-order valence-corrected chi connectivity index (χ2v) is 6.46. The minimum atomic E-state index is -0.601. The third-order valence-electron chi connectivity index (χ3n) is 4.45. The van der Waals surface area contributed by atoms with E-state index in [0.29, 0.717) is 18.6 Å². The molecule has 3 heterocycles. The van der Waals surface area contributed by atoms with E-state index in [-0.39, 0.29) is 11.9 Å². The summed E-state index contributed by atoms with van der Waals surface area (Å²) >= 11 is 0. The van der Waals surface area contributed by atoms with E-state index in [1.54, 1.807) is 6.21 Å². The fourth-order valence-corrected chi connectivity index (χ4v) is 2.96. The Labute approximate surface area is 168 Å². The van der Waals surface area contributed by atoms with E-state index in [2.05, 4.69) is 20.0 Å².